The highest BCUT2D eigenvalue weighted by Crippen LogP contribution is 2.35. The molecule has 0 saturated carbocycles. The molecular weight excluding hydrogens is 378 g/mol. The van der Waals surface area contributed by atoms with Crippen molar-refractivity contribution in [3.63, 3.8) is 0 Å². The average molecular weight is 392 g/mol. The minimum atomic E-state index is -0.521. The Balaban J connectivity index is 1.77. The van der Waals surface area contributed by atoms with Crippen LogP contribution in [0.3, 0.4) is 0 Å². The number of aromatic nitrogens is 2. The monoisotopic (exact) mass is 391 g/mol. The Morgan fingerprint density at radius 1 is 0.821 bits per heavy atom. The van der Waals surface area contributed by atoms with E-state index in [1.54, 1.807) is 24.3 Å². The summed E-state index contributed by atoms with van der Waals surface area (Å²) in [7, 11) is 0. The Hall–Kier alpha value is -3.71. The van der Waals surface area contributed by atoms with E-state index < -0.39 is 4.92 Å². The lowest BCUT2D eigenvalue weighted by Gasteiger charge is -2.12. The molecule has 0 bridgehead atoms. The number of benzene rings is 3. The van der Waals surface area contributed by atoms with Crippen molar-refractivity contribution in [1.29, 1.82) is 0 Å². The lowest BCUT2D eigenvalue weighted by molar-refractivity contribution is -0.383. The summed E-state index contributed by atoms with van der Waals surface area (Å²) in [5.41, 5.74) is 0.959. The van der Waals surface area contributed by atoms with Crippen LogP contribution in [0.4, 0.5) is 28.7 Å². The molecule has 4 aromatic rings. The highest BCUT2D eigenvalue weighted by molar-refractivity contribution is 6.33. The molecule has 0 unspecified atom stereocenters. The molecule has 0 aliphatic rings. The van der Waals surface area contributed by atoms with Crippen LogP contribution in [-0.4, -0.2) is 14.9 Å². The van der Waals surface area contributed by atoms with Gasteiger partial charge in [0.25, 0.3) is 0 Å². The Morgan fingerprint density at radius 2 is 1.43 bits per heavy atom. The number of anilines is 4. The molecule has 0 fully saturated rings. The first kappa shape index (κ1) is 17.7. The average Bonchev–Trinajstić information content (AvgIpc) is 2.70. The second-order valence-electron chi connectivity index (χ2n) is 5.93. The van der Waals surface area contributed by atoms with Crippen molar-refractivity contribution in [3.8, 4) is 0 Å². The summed E-state index contributed by atoms with van der Waals surface area (Å²) in [4.78, 5) is 19.4. The molecule has 1 aromatic heterocycles. The number of rotatable bonds is 5. The van der Waals surface area contributed by atoms with Gasteiger partial charge in [0, 0.05) is 11.1 Å². The Kier molecular flexibility index (Phi) is 4.74. The normalized spacial score (nSPS) is 10.6. The van der Waals surface area contributed by atoms with Gasteiger partial charge >= 0.3 is 5.69 Å². The number of nitrogens with one attached hydrogen (secondary N) is 2. The standard InChI is InChI=1S/C20H14ClN5O2/c21-15-9-3-4-10-17(15)25-20-18(26(27)28)19(22-12-23-20)24-16-11-5-7-13-6-1-2-8-14(13)16/h1-12H,(H2,22,23,24,25). The lowest BCUT2D eigenvalue weighted by Crippen LogP contribution is -2.06. The van der Waals surface area contributed by atoms with Gasteiger partial charge in [0.05, 0.1) is 15.6 Å². The topological polar surface area (TPSA) is 93.0 Å². The van der Waals surface area contributed by atoms with E-state index >= 15 is 0 Å². The van der Waals surface area contributed by atoms with Crippen LogP contribution in [0, 0.1) is 10.1 Å². The molecule has 0 aliphatic heterocycles. The summed E-state index contributed by atoms with van der Waals surface area (Å²) in [6.45, 7) is 0. The highest BCUT2D eigenvalue weighted by Gasteiger charge is 2.24. The van der Waals surface area contributed by atoms with Crippen molar-refractivity contribution >= 4 is 51.1 Å². The van der Waals surface area contributed by atoms with Gasteiger partial charge in [-0.05, 0) is 23.6 Å². The number of fused-ring (bicyclic) bond motifs is 1. The molecule has 0 spiro atoms. The Bertz CT molecular complexity index is 1180. The van der Waals surface area contributed by atoms with Gasteiger partial charge in [-0.3, -0.25) is 10.1 Å². The predicted octanol–water partition coefficient (Wildman–Crippen LogP) is 5.68. The Morgan fingerprint density at radius 3 is 2.18 bits per heavy atom. The van der Waals surface area contributed by atoms with Gasteiger partial charge in [0.2, 0.25) is 11.6 Å². The second kappa shape index (κ2) is 7.50. The van der Waals surface area contributed by atoms with Crippen LogP contribution in [0.25, 0.3) is 10.8 Å². The first-order valence-electron chi connectivity index (χ1n) is 8.39. The van der Waals surface area contributed by atoms with Crippen molar-refractivity contribution in [1.82, 2.24) is 9.97 Å². The number of nitrogens with zero attached hydrogens (tertiary/aromatic N) is 3. The molecule has 1 heterocycles. The van der Waals surface area contributed by atoms with Crippen LogP contribution in [0.15, 0.2) is 73.1 Å². The van der Waals surface area contributed by atoms with E-state index in [1.165, 1.54) is 6.33 Å². The zero-order valence-electron chi connectivity index (χ0n) is 14.5. The molecule has 0 atom stereocenters. The molecule has 0 radical (unpaired) electrons. The maximum Gasteiger partial charge on any atom is 0.353 e. The molecule has 8 heteroatoms. The Labute approximate surface area is 165 Å². The van der Waals surface area contributed by atoms with Gasteiger partial charge in [0.15, 0.2) is 0 Å². The molecule has 28 heavy (non-hydrogen) atoms. The fraction of sp³-hybridized carbons (Fsp3) is 0. The molecule has 2 N–H and O–H groups in total. The minimum absolute atomic E-state index is 0.0517. The summed E-state index contributed by atoms with van der Waals surface area (Å²) in [5.74, 6) is 0.141. The fourth-order valence-electron chi connectivity index (χ4n) is 2.89. The minimum Gasteiger partial charge on any atom is -0.334 e. The maximum atomic E-state index is 11.8. The van der Waals surface area contributed by atoms with E-state index in [0.29, 0.717) is 16.4 Å². The van der Waals surface area contributed by atoms with E-state index in [-0.39, 0.29) is 17.3 Å². The molecule has 0 aliphatic carbocycles. The van der Waals surface area contributed by atoms with E-state index in [9.17, 15) is 10.1 Å². The summed E-state index contributed by atoms with van der Waals surface area (Å²) < 4.78 is 0. The van der Waals surface area contributed by atoms with Crippen molar-refractivity contribution in [2.24, 2.45) is 0 Å². The van der Waals surface area contributed by atoms with Crippen LogP contribution in [0.5, 0.6) is 0 Å². The van der Waals surface area contributed by atoms with Crippen LogP contribution in [0.2, 0.25) is 5.02 Å². The zero-order valence-corrected chi connectivity index (χ0v) is 15.2. The fourth-order valence-corrected chi connectivity index (χ4v) is 3.07. The number of halogens is 1. The third-order valence-corrected chi connectivity index (χ3v) is 4.50. The molecule has 138 valence electrons. The first-order chi connectivity index (χ1) is 13.6. The van der Waals surface area contributed by atoms with Gasteiger partial charge in [-0.2, -0.15) is 0 Å². The number of hydrogen-bond donors (Lipinski definition) is 2. The molecular formula is C20H14ClN5O2. The van der Waals surface area contributed by atoms with Gasteiger partial charge in [-0.1, -0.05) is 60.1 Å². The largest absolute Gasteiger partial charge is 0.353 e. The first-order valence-corrected chi connectivity index (χ1v) is 8.77. The molecule has 7 nitrogen and oxygen atoms in total. The van der Waals surface area contributed by atoms with Gasteiger partial charge < -0.3 is 10.6 Å². The van der Waals surface area contributed by atoms with Gasteiger partial charge in [-0.25, -0.2) is 9.97 Å². The number of hydrogen-bond acceptors (Lipinski definition) is 6. The lowest BCUT2D eigenvalue weighted by atomic mass is 10.1. The smallest absolute Gasteiger partial charge is 0.334 e. The third kappa shape index (κ3) is 3.43. The van der Waals surface area contributed by atoms with Crippen molar-refractivity contribution in [2.75, 3.05) is 10.6 Å². The SMILES string of the molecule is O=[N+]([O-])c1c(Nc2ccccc2Cl)ncnc1Nc1cccc2ccccc12. The predicted molar refractivity (Wildman–Crippen MR) is 111 cm³/mol. The van der Waals surface area contributed by atoms with E-state index in [4.69, 9.17) is 11.6 Å². The van der Waals surface area contributed by atoms with E-state index in [0.717, 1.165) is 10.8 Å². The second-order valence-corrected chi connectivity index (χ2v) is 6.34. The highest BCUT2D eigenvalue weighted by atomic mass is 35.5. The van der Waals surface area contributed by atoms with E-state index in [1.807, 2.05) is 42.5 Å². The van der Waals surface area contributed by atoms with Crippen LogP contribution in [-0.2, 0) is 0 Å². The van der Waals surface area contributed by atoms with Crippen molar-refractivity contribution in [2.45, 2.75) is 0 Å². The zero-order chi connectivity index (χ0) is 19.5. The summed E-state index contributed by atoms with van der Waals surface area (Å²) in [6, 6.07) is 20.4. The molecule has 0 saturated heterocycles. The summed E-state index contributed by atoms with van der Waals surface area (Å²) in [5, 5.41) is 20.1. The van der Waals surface area contributed by atoms with Crippen LogP contribution < -0.4 is 10.6 Å². The van der Waals surface area contributed by atoms with Crippen molar-refractivity contribution < 1.29 is 4.92 Å². The van der Waals surface area contributed by atoms with Gasteiger partial charge in [-0.15, -0.1) is 0 Å². The summed E-state index contributed by atoms with van der Waals surface area (Å²) >= 11 is 6.15. The van der Waals surface area contributed by atoms with Gasteiger partial charge in [0.1, 0.15) is 6.33 Å². The summed E-state index contributed by atoms with van der Waals surface area (Å²) in [6.07, 6.45) is 1.26. The quantitative estimate of drug-likeness (QED) is 0.336. The molecule has 0 amide bonds. The number of para-hydroxylation sites is 1. The number of nitro groups is 1. The molecule has 3 aromatic carbocycles. The molecule has 4 rings (SSSR count). The maximum absolute atomic E-state index is 11.8. The van der Waals surface area contributed by atoms with E-state index in [2.05, 4.69) is 20.6 Å². The van der Waals surface area contributed by atoms with Crippen molar-refractivity contribution in [3.05, 3.63) is 88.2 Å². The third-order valence-electron chi connectivity index (χ3n) is 4.17. The van der Waals surface area contributed by atoms with Crippen LogP contribution in [0.1, 0.15) is 0 Å². The van der Waals surface area contributed by atoms with Crippen LogP contribution >= 0.6 is 11.6 Å².